The summed E-state index contributed by atoms with van der Waals surface area (Å²) in [5.74, 6) is -1.48. The van der Waals surface area contributed by atoms with Crippen molar-refractivity contribution in [2.75, 3.05) is 19.5 Å². The first kappa shape index (κ1) is 19.5. The first-order chi connectivity index (χ1) is 12.5. The molecule has 1 N–H and O–H groups in total. The smallest absolute Gasteiger partial charge is 0.339 e. The molecule has 0 saturated carbocycles. The van der Waals surface area contributed by atoms with Crippen LogP contribution in [-0.4, -0.2) is 37.3 Å². The highest BCUT2D eigenvalue weighted by molar-refractivity contribution is 8.00. The molecular formula is C19H19NO5S. The molecule has 0 aliphatic heterocycles. The Morgan fingerprint density at radius 2 is 1.62 bits per heavy atom. The highest BCUT2D eigenvalue weighted by atomic mass is 32.2. The van der Waals surface area contributed by atoms with E-state index in [4.69, 9.17) is 4.74 Å². The molecule has 0 radical (unpaired) electrons. The van der Waals surface area contributed by atoms with E-state index in [1.807, 2.05) is 30.3 Å². The number of hydrogen-bond donors (Lipinski definition) is 1. The molecule has 0 aromatic heterocycles. The maximum Gasteiger partial charge on any atom is 0.339 e. The number of esters is 2. The molecule has 6 nitrogen and oxygen atoms in total. The fourth-order valence-corrected chi connectivity index (χ4v) is 3.06. The third-order valence-corrected chi connectivity index (χ3v) is 4.64. The Labute approximate surface area is 155 Å². The summed E-state index contributed by atoms with van der Waals surface area (Å²) in [4.78, 5) is 37.1. The van der Waals surface area contributed by atoms with Gasteiger partial charge in [-0.15, -0.1) is 11.8 Å². The number of nitrogens with one attached hydrogen (secondary N) is 1. The lowest BCUT2D eigenvalue weighted by molar-refractivity contribution is -0.115. The molecule has 0 unspecified atom stereocenters. The number of hydrogen-bond acceptors (Lipinski definition) is 6. The van der Waals surface area contributed by atoms with Gasteiger partial charge in [-0.25, -0.2) is 9.59 Å². The first-order valence-electron chi connectivity index (χ1n) is 7.79. The summed E-state index contributed by atoms with van der Waals surface area (Å²) in [6.07, 6.45) is 0. The molecule has 2 rings (SSSR count). The van der Waals surface area contributed by atoms with Crippen molar-refractivity contribution >= 4 is 35.3 Å². The molecule has 7 heteroatoms. The molecule has 0 aliphatic rings. The summed E-state index contributed by atoms with van der Waals surface area (Å²) in [6, 6.07) is 13.8. The molecule has 0 saturated heterocycles. The van der Waals surface area contributed by atoms with E-state index in [2.05, 4.69) is 10.1 Å². The second kappa shape index (κ2) is 9.05. The summed E-state index contributed by atoms with van der Waals surface area (Å²) in [6.45, 7) is 1.76. The number of carbonyl (C=O) groups excluding carboxylic acids is 3. The molecule has 0 aliphatic carbocycles. The Morgan fingerprint density at radius 3 is 2.23 bits per heavy atom. The number of benzene rings is 2. The van der Waals surface area contributed by atoms with E-state index < -0.39 is 17.2 Å². The standard InChI is InChI=1S/C19H19NO5S/c1-12(26-14-7-5-4-6-8-14)17(21)20-16-11-13(18(22)24-2)9-10-15(16)19(23)25-3/h4-12H,1-3H3,(H,20,21)/t12-/m1/s1. The molecule has 1 atom stereocenters. The van der Waals surface area contributed by atoms with Crippen molar-refractivity contribution < 1.29 is 23.9 Å². The normalized spacial score (nSPS) is 11.3. The van der Waals surface area contributed by atoms with Gasteiger partial charge < -0.3 is 14.8 Å². The quantitative estimate of drug-likeness (QED) is 0.617. The van der Waals surface area contributed by atoms with Crippen LogP contribution in [0.5, 0.6) is 0 Å². The van der Waals surface area contributed by atoms with Crippen molar-refractivity contribution in [2.45, 2.75) is 17.1 Å². The number of ether oxygens (including phenoxy) is 2. The fourth-order valence-electron chi connectivity index (χ4n) is 2.17. The molecule has 0 fully saturated rings. The van der Waals surface area contributed by atoms with Crippen LogP contribution in [0.1, 0.15) is 27.6 Å². The summed E-state index contributed by atoms with van der Waals surface area (Å²) in [5, 5.41) is 2.28. The molecule has 1 amide bonds. The minimum absolute atomic E-state index is 0.158. The Morgan fingerprint density at radius 1 is 0.962 bits per heavy atom. The lowest BCUT2D eigenvalue weighted by Crippen LogP contribution is -2.24. The van der Waals surface area contributed by atoms with Crippen molar-refractivity contribution in [2.24, 2.45) is 0 Å². The van der Waals surface area contributed by atoms with Gasteiger partial charge >= 0.3 is 11.9 Å². The second-order valence-electron chi connectivity index (χ2n) is 5.31. The van der Waals surface area contributed by atoms with Gasteiger partial charge in [-0.1, -0.05) is 18.2 Å². The van der Waals surface area contributed by atoms with Gasteiger partial charge in [0, 0.05) is 4.90 Å². The van der Waals surface area contributed by atoms with Crippen molar-refractivity contribution in [3.8, 4) is 0 Å². The van der Waals surface area contributed by atoms with Crippen LogP contribution >= 0.6 is 11.8 Å². The Balaban J connectivity index is 2.23. The summed E-state index contributed by atoms with van der Waals surface area (Å²) < 4.78 is 9.41. The van der Waals surface area contributed by atoms with Crippen LogP contribution in [0, 0.1) is 0 Å². The maximum absolute atomic E-state index is 12.5. The van der Waals surface area contributed by atoms with Gasteiger partial charge in [-0.05, 0) is 37.3 Å². The molecule has 0 spiro atoms. The third kappa shape index (κ3) is 4.86. The van der Waals surface area contributed by atoms with E-state index in [0.29, 0.717) is 0 Å². The summed E-state index contributed by atoms with van der Waals surface area (Å²) in [7, 11) is 2.50. The third-order valence-electron chi connectivity index (χ3n) is 3.53. The van der Waals surface area contributed by atoms with Crippen LogP contribution < -0.4 is 5.32 Å². The predicted octanol–water partition coefficient (Wildman–Crippen LogP) is 3.38. The number of methoxy groups -OCH3 is 2. The molecule has 2 aromatic carbocycles. The van der Waals surface area contributed by atoms with Crippen LogP contribution in [-0.2, 0) is 14.3 Å². The predicted molar refractivity (Wildman–Crippen MR) is 99.5 cm³/mol. The Bertz CT molecular complexity index is 807. The average Bonchev–Trinajstić information content (AvgIpc) is 2.67. The zero-order valence-corrected chi connectivity index (χ0v) is 15.5. The molecule has 0 bridgehead atoms. The van der Waals surface area contributed by atoms with Gasteiger partial charge in [0.1, 0.15) is 0 Å². The number of rotatable bonds is 6. The maximum atomic E-state index is 12.5. The van der Waals surface area contributed by atoms with E-state index in [-0.39, 0.29) is 22.7 Å². The lowest BCUT2D eigenvalue weighted by atomic mass is 10.1. The summed E-state index contributed by atoms with van der Waals surface area (Å²) in [5.41, 5.74) is 0.578. The highest BCUT2D eigenvalue weighted by Crippen LogP contribution is 2.25. The second-order valence-corrected chi connectivity index (χ2v) is 6.72. The fraction of sp³-hybridized carbons (Fsp3) is 0.211. The molecule has 136 valence electrons. The largest absolute Gasteiger partial charge is 0.465 e. The molecule has 26 heavy (non-hydrogen) atoms. The number of thioether (sulfide) groups is 1. The van der Waals surface area contributed by atoms with Crippen LogP contribution in [0.4, 0.5) is 5.69 Å². The average molecular weight is 373 g/mol. The highest BCUT2D eigenvalue weighted by Gasteiger charge is 2.20. The van der Waals surface area contributed by atoms with E-state index >= 15 is 0 Å². The minimum Gasteiger partial charge on any atom is -0.465 e. The van der Waals surface area contributed by atoms with Crippen LogP contribution in [0.15, 0.2) is 53.4 Å². The van der Waals surface area contributed by atoms with E-state index in [9.17, 15) is 14.4 Å². The van der Waals surface area contributed by atoms with Gasteiger partial charge in [0.15, 0.2) is 0 Å². The van der Waals surface area contributed by atoms with E-state index in [1.165, 1.54) is 44.2 Å². The van der Waals surface area contributed by atoms with Crippen molar-refractivity contribution in [1.82, 2.24) is 0 Å². The van der Waals surface area contributed by atoms with Crippen LogP contribution in [0.25, 0.3) is 0 Å². The topological polar surface area (TPSA) is 81.7 Å². The monoisotopic (exact) mass is 373 g/mol. The van der Waals surface area contributed by atoms with Crippen molar-refractivity contribution in [3.63, 3.8) is 0 Å². The number of amides is 1. The van der Waals surface area contributed by atoms with Crippen LogP contribution in [0.2, 0.25) is 0 Å². The molecule has 2 aromatic rings. The zero-order valence-electron chi connectivity index (χ0n) is 14.6. The van der Waals surface area contributed by atoms with Gasteiger partial charge in [0.25, 0.3) is 0 Å². The van der Waals surface area contributed by atoms with Gasteiger partial charge in [-0.2, -0.15) is 0 Å². The van der Waals surface area contributed by atoms with Gasteiger partial charge in [-0.3, -0.25) is 4.79 Å². The number of carbonyl (C=O) groups is 3. The van der Waals surface area contributed by atoms with Gasteiger partial charge in [0.05, 0.1) is 36.3 Å². The van der Waals surface area contributed by atoms with Gasteiger partial charge in [0.2, 0.25) is 5.91 Å². The minimum atomic E-state index is -0.611. The zero-order chi connectivity index (χ0) is 19.1. The SMILES string of the molecule is COC(=O)c1ccc(C(=O)OC)c(NC(=O)[C@@H](C)Sc2ccccc2)c1. The Kier molecular flexibility index (Phi) is 6.80. The lowest BCUT2D eigenvalue weighted by Gasteiger charge is -2.15. The molecule has 0 heterocycles. The summed E-state index contributed by atoms with van der Waals surface area (Å²) >= 11 is 1.39. The number of anilines is 1. The van der Waals surface area contributed by atoms with Crippen molar-refractivity contribution in [1.29, 1.82) is 0 Å². The molecular weight excluding hydrogens is 354 g/mol. The van der Waals surface area contributed by atoms with Crippen LogP contribution in [0.3, 0.4) is 0 Å². The Hall–Kier alpha value is -2.80. The first-order valence-corrected chi connectivity index (χ1v) is 8.67. The van der Waals surface area contributed by atoms with E-state index in [0.717, 1.165) is 4.90 Å². The van der Waals surface area contributed by atoms with Crippen molar-refractivity contribution in [3.05, 3.63) is 59.7 Å². The van der Waals surface area contributed by atoms with E-state index in [1.54, 1.807) is 6.92 Å².